The first-order chi connectivity index (χ1) is 45.4. The zero-order valence-electron chi connectivity index (χ0n) is 51.8. The predicted octanol–water partition coefficient (Wildman–Crippen LogP) is 16.9. The highest BCUT2D eigenvalue weighted by Gasteiger charge is 2.59. The highest BCUT2D eigenvalue weighted by Crippen LogP contribution is 2.61. The van der Waals surface area contributed by atoms with Crippen LogP contribution < -0.4 is 14.2 Å². The number of hydrogen-bond donors (Lipinski definition) is 0. The van der Waals surface area contributed by atoms with Gasteiger partial charge in [0.2, 0.25) is 0 Å². The smallest absolute Gasteiger partial charge is 0.328 e. The second-order valence-corrected chi connectivity index (χ2v) is 30.4. The van der Waals surface area contributed by atoms with Gasteiger partial charge in [0.25, 0.3) is 0 Å². The van der Waals surface area contributed by atoms with Crippen molar-refractivity contribution in [3.63, 3.8) is 0 Å². The molecule has 9 aromatic carbocycles. The van der Waals surface area contributed by atoms with Crippen LogP contribution in [0.5, 0.6) is 17.2 Å². The molecule has 15 nitrogen and oxygen atoms in total. The Morgan fingerprint density at radius 2 is 0.398 bits per heavy atom. The number of benzene rings is 9. The predicted molar refractivity (Wildman–Crippen MR) is 370 cm³/mol. The van der Waals surface area contributed by atoms with E-state index in [0.717, 1.165) is 50.1 Å². The van der Waals surface area contributed by atoms with Crippen molar-refractivity contribution in [2.24, 2.45) is 0 Å². The summed E-state index contributed by atoms with van der Waals surface area (Å²) in [4.78, 5) is 0. The topological polar surface area (TPSA) is 138 Å². The first-order valence-electron chi connectivity index (χ1n) is 30.2. The second-order valence-electron chi connectivity index (χ2n) is 21.5. The molecule has 0 spiro atoms. The molecular formula is C72H75O15P3S3. The molecule has 9 aromatic rings. The van der Waals surface area contributed by atoms with Gasteiger partial charge >= 0.3 is 20.2 Å². The van der Waals surface area contributed by atoms with Crippen LogP contribution in [0.1, 0.15) is 50.1 Å². The third-order valence-corrected chi connectivity index (χ3v) is 21.7. The average Bonchev–Trinajstić information content (AvgIpc) is 0.751. The highest BCUT2D eigenvalue weighted by atomic mass is 32.5. The maximum absolute atomic E-state index is 7.60. The molecule has 0 aromatic heterocycles. The van der Waals surface area contributed by atoms with Gasteiger partial charge in [-0.2, -0.15) is 0 Å². The Kier molecular flexibility index (Phi) is 26.6. The summed E-state index contributed by atoms with van der Waals surface area (Å²) in [5.41, 5.74) is 7.17. The Labute approximate surface area is 560 Å². The van der Waals surface area contributed by atoms with E-state index in [-0.39, 0.29) is 59.5 Å². The van der Waals surface area contributed by atoms with E-state index in [1.54, 1.807) is 21.3 Å². The SMILES string of the molecule is COc1ccc(COC2C(OP(=S)(OCc3ccccc3)OCc3ccccc3)C(OCc3ccc(OC)cc3)C(OP(=S)(OCc3ccccc3)OCc3ccccc3)C(OCc3ccc(OC)cc3)C2OP(=S)(OCc2ccccc2)OCc2ccccc2)cc1. The van der Waals surface area contributed by atoms with Crippen molar-refractivity contribution in [2.75, 3.05) is 21.3 Å². The van der Waals surface area contributed by atoms with Crippen molar-refractivity contribution in [3.8, 4) is 17.2 Å². The zero-order chi connectivity index (χ0) is 64.6. The number of rotatable bonds is 36. The normalized spacial score (nSPS) is 17.6. The first-order valence-corrected chi connectivity index (χ1v) is 37.8. The molecule has 0 aliphatic heterocycles. The van der Waals surface area contributed by atoms with Crippen molar-refractivity contribution >= 4 is 55.6 Å². The summed E-state index contributed by atoms with van der Waals surface area (Å²) in [5, 5.41) is 0. The molecule has 1 saturated carbocycles. The second kappa shape index (κ2) is 35.6. The van der Waals surface area contributed by atoms with Gasteiger partial charge in [-0.15, -0.1) is 0 Å². The molecule has 486 valence electrons. The van der Waals surface area contributed by atoms with E-state index in [2.05, 4.69) is 0 Å². The van der Waals surface area contributed by atoms with E-state index < -0.39 is 56.8 Å². The van der Waals surface area contributed by atoms with E-state index in [4.69, 9.17) is 105 Å². The first kappa shape index (κ1) is 69.7. The fraction of sp³-hybridized carbons (Fsp3) is 0.250. The van der Waals surface area contributed by atoms with E-state index in [1.165, 1.54) is 0 Å². The minimum absolute atomic E-state index is 0.00470. The Balaban J connectivity index is 1.19. The summed E-state index contributed by atoms with van der Waals surface area (Å²) >= 11 is 20.1. The van der Waals surface area contributed by atoms with Crippen LogP contribution in [0.25, 0.3) is 0 Å². The van der Waals surface area contributed by atoms with Gasteiger partial charge in [-0.25, -0.2) is 0 Å². The standard InChI is InChI=1S/C72H75O15P3S3/c1-73-64-40-34-61(35-41-64)46-76-67-70(85-88(91,79-49-55-22-10-4-11-23-55)80-50-56-24-12-5-13-25-56)68(77-47-62-36-42-65(74-2)43-37-62)72(87-90(93,83-53-59-30-18-8-19-31-59)84-54-60-32-20-9-21-33-60)69(78-48-63-38-44-66(75-3)45-39-63)71(67)86-89(92,81-51-57-26-14-6-15-27-57)82-52-58-28-16-7-17-29-58/h4-45,67-72H,46-54H2,1-3H3. The van der Waals surface area contributed by atoms with Crippen LogP contribution in [0, 0.1) is 0 Å². The molecule has 0 unspecified atom stereocenters. The van der Waals surface area contributed by atoms with Crippen molar-refractivity contribution in [2.45, 2.75) is 96.1 Å². The highest BCUT2D eigenvalue weighted by molar-refractivity contribution is 8.08. The maximum Gasteiger partial charge on any atom is 0.328 e. The molecule has 0 radical (unpaired) electrons. The summed E-state index contributed by atoms with van der Waals surface area (Å²) in [5.74, 6) is 1.95. The van der Waals surface area contributed by atoms with Crippen LogP contribution in [0.15, 0.2) is 255 Å². The minimum atomic E-state index is -4.05. The van der Waals surface area contributed by atoms with Gasteiger partial charge in [0.1, 0.15) is 53.9 Å². The lowest BCUT2D eigenvalue weighted by molar-refractivity contribution is -0.250. The van der Waals surface area contributed by atoms with Crippen LogP contribution in [0.2, 0.25) is 0 Å². The monoisotopic (exact) mass is 1370 g/mol. The van der Waals surface area contributed by atoms with E-state index in [0.29, 0.717) is 17.2 Å². The summed E-state index contributed by atoms with van der Waals surface area (Å²) in [6.07, 6.45) is -8.04. The van der Waals surface area contributed by atoms with Gasteiger partial charge in [0.05, 0.1) is 80.8 Å². The molecule has 1 aliphatic carbocycles. The van der Waals surface area contributed by atoms with E-state index >= 15 is 0 Å². The van der Waals surface area contributed by atoms with Gasteiger partial charge < -0.3 is 55.6 Å². The van der Waals surface area contributed by atoms with Crippen LogP contribution in [0.4, 0.5) is 0 Å². The molecule has 93 heavy (non-hydrogen) atoms. The van der Waals surface area contributed by atoms with Crippen molar-refractivity contribution < 1.29 is 69.1 Å². The fourth-order valence-corrected chi connectivity index (χ4v) is 15.8. The summed E-state index contributed by atoms with van der Waals surface area (Å²) in [6, 6.07) is 80.5. The Hall–Kier alpha value is -6.15. The third kappa shape index (κ3) is 21.4. The molecule has 1 aliphatic rings. The van der Waals surface area contributed by atoms with E-state index in [9.17, 15) is 0 Å². The Bertz CT molecular complexity index is 3230. The van der Waals surface area contributed by atoms with Crippen LogP contribution in [0.3, 0.4) is 0 Å². The summed E-state index contributed by atoms with van der Waals surface area (Å²) in [6.45, 7) is -12.2. The molecule has 21 heteroatoms. The van der Waals surface area contributed by atoms with Crippen molar-refractivity contribution in [3.05, 3.63) is 305 Å². The molecule has 10 rings (SSSR count). The van der Waals surface area contributed by atoms with Gasteiger partial charge in [0.15, 0.2) is 0 Å². The summed E-state index contributed by atoms with van der Waals surface area (Å²) < 4.78 is 103. The van der Waals surface area contributed by atoms with Gasteiger partial charge in [-0.05, 0) is 122 Å². The number of hydrogen-bond acceptors (Lipinski definition) is 18. The molecule has 0 heterocycles. The third-order valence-electron chi connectivity index (χ3n) is 14.9. The van der Waals surface area contributed by atoms with Crippen molar-refractivity contribution in [1.29, 1.82) is 0 Å². The summed E-state index contributed by atoms with van der Waals surface area (Å²) in [7, 11) is 4.84. The van der Waals surface area contributed by atoms with Crippen LogP contribution in [-0.2, 0) is 150 Å². The van der Waals surface area contributed by atoms with Gasteiger partial charge in [-0.1, -0.05) is 218 Å². The van der Waals surface area contributed by atoms with E-state index in [1.807, 2.05) is 255 Å². The lowest BCUT2D eigenvalue weighted by Gasteiger charge is -2.51. The zero-order valence-corrected chi connectivity index (χ0v) is 56.9. The quantitative estimate of drug-likeness (QED) is 0.0344. The molecule has 0 bridgehead atoms. The molecule has 0 amide bonds. The number of ether oxygens (including phenoxy) is 6. The fourth-order valence-electron chi connectivity index (χ4n) is 9.90. The lowest BCUT2D eigenvalue weighted by atomic mass is 9.84. The van der Waals surface area contributed by atoms with Crippen LogP contribution in [-0.4, -0.2) is 58.0 Å². The maximum atomic E-state index is 7.60. The Morgan fingerprint density at radius 1 is 0.226 bits per heavy atom. The minimum Gasteiger partial charge on any atom is -0.497 e. The molecule has 0 N–H and O–H groups in total. The Morgan fingerprint density at radius 3 is 0.570 bits per heavy atom. The average molecular weight is 1370 g/mol. The molecule has 0 saturated heterocycles. The van der Waals surface area contributed by atoms with Crippen molar-refractivity contribution in [1.82, 2.24) is 0 Å². The molecular weight excluding hydrogens is 1290 g/mol. The molecule has 0 atom stereocenters. The number of methoxy groups -OCH3 is 3. The van der Waals surface area contributed by atoms with Crippen LogP contribution >= 0.6 is 20.2 Å². The van der Waals surface area contributed by atoms with Gasteiger partial charge in [0, 0.05) is 0 Å². The van der Waals surface area contributed by atoms with Gasteiger partial charge in [-0.3, -0.25) is 13.6 Å². The lowest BCUT2D eigenvalue weighted by Crippen LogP contribution is -2.67. The largest absolute Gasteiger partial charge is 0.497 e. The molecule has 1 fully saturated rings.